The van der Waals surface area contributed by atoms with Gasteiger partial charge in [0, 0.05) is 13.0 Å². The first-order valence-electron chi connectivity index (χ1n) is 2.45. The molecule has 54 valence electrons. The zero-order chi connectivity index (χ0) is 7.11. The summed E-state index contributed by atoms with van der Waals surface area (Å²) >= 11 is 1.68. The molecular weight excluding hydrogens is 237 g/mol. The third-order valence-corrected chi connectivity index (χ3v) is 1.05. The fourth-order valence-electron chi connectivity index (χ4n) is 0.257. The first-order chi connectivity index (χ1) is 4.31. The Morgan fingerprint density at radius 1 is 1.78 bits per heavy atom. The highest BCUT2D eigenvalue weighted by Crippen LogP contribution is 1.83. The minimum atomic E-state index is -0.468. The second kappa shape index (κ2) is 6.09. The molecule has 0 fully saturated rings. The summed E-state index contributed by atoms with van der Waals surface area (Å²) in [7, 11) is 0. The van der Waals surface area contributed by atoms with Crippen molar-refractivity contribution >= 4 is 29.0 Å². The number of hydrogen-bond acceptors (Lipinski definition) is 3. The largest absolute Gasteiger partial charge is 0.449 e. The van der Waals surface area contributed by atoms with Crippen LogP contribution in [0.25, 0.3) is 0 Å². The van der Waals surface area contributed by atoms with Gasteiger partial charge in [-0.3, -0.25) is 3.53 Å². The maximum absolute atomic E-state index is 10.3. The summed E-state index contributed by atoms with van der Waals surface area (Å²) in [6.07, 6.45) is 0.0217. The van der Waals surface area contributed by atoms with Crippen molar-refractivity contribution in [3.05, 3.63) is 0 Å². The van der Waals surface area contributed by atoms with Crippen LogP contribution in [0.15, 0.2) is 0 Å². The van der Waals surface area contributed by atoms with Crippen LogP contribution in [0.4, 0.5) is 4.79 Å². The Labute approximate surface area is 67.1 Å². The molecule has 0 rings (SSSR count). The Bertz CT molecular complexity index is 87.9. The number of aliphatic hydroxyl groups excluding tert-OH is 1. The molecule has 5 heteroatoms. The Kier molecular flexibility index (Phi) is 6.06. The number of aliphatic hydroxyl groups is 1. The summed E-state index contributed by atoms with van der Waals surface area (Å²) < 4.78 is 6.77. The number of amides is 1. The van der Waals surface area contributed by atoms with Gasteiger partial charge in [-0.2, -0.15) is 0 Å². The predicted octanol–water partition coefficient (Wildman–Crippen LogP) is 0.445. The predicted molar refractivity (Wildman–Crippen MR) is 40.2 cm³/mol. The van der Waals surface area contributed by atoms with Crippen molar-refractivity contribution in [2.24, 2.45) is 0 Å². The van der Waals surface area contributed by atoms with Crippen molar-refractivity contribution < 1.29 is 14.6 Å². The number of carbonyl (C=O) groups excluding carboxylic acids is 1. The van der Waals surface area contributed by atoms with E-state index in [0.717, 1.165) is 0 Å². The first-order valence-corrected chi connectivity index (χ1v) is 3.53. The molecule has 0 aliphatic heterocycles. The highest BCUT2D eigenvalue weighted by atomic mass is 127. The van der Waals surface area contributed by atoms with E-state index in [4.69, 9.17) is 5.11 Å². The van der Waals surface area contributed by atoms with Crippen LogP contribution in [0.1, 0.15) is 6.42 Å². The lowest BCUT2D eigenvalue weighted by Gasteiger charge is -1.98. The molecule has 1 amide bonds. The Hall–Kier alpha value is -0.0400. The monoisotopic (exact) mass is 245 g/mol. The van der Waals surface area contributed by atoms with Crippen LogP contribution >= 0.6 is 22.9 Å². The molecule has 0 aromatic heterocycles. The van der Waals surface area contributed by atoms with Gasteiger partial charge in [-0.25, -0.2) is 4.79 Å². The molecular formula is C4H8INO3. The van der Waals surface area contributed by atoms with Crippen LogP contribution in [0.3, 0.4) is 0 Å². The Morgan fingerprint density at radius 2 is 2.44 bits per heavy atom. The molecule has 0 saturated heterocycles. The summed E-state index contributed by atoms with van der Waals surface area (Å²) in [5.41, 5.74) is 0. The van der Waals surface area contributed by atoms with Crippen LogP contribution < -0.4 is 3.53 Å². The zero-order valence-corrected chi connectivity index (χ0v) is 6.92. The van der Waals surface area contributed by atoms with Gasteiger partial charge in [-0.15, -0.1) is 0 Å². The molecule has 0 aromatic rings. The van der Waals surface area contributed by atoms with Crippen molar-refractivity contribution in [3.63, 3.8) is 0 Å². The fraction of sp³-hybridized carbons (Fsp3) is 0.750. The average molecular weight is 245 g/mol. The molecule has 0 heterocycles. The van der Waals surface area contributed by atoms with Gasteiger partial charge in [0.1, 0.15) is 0 Å². The smallest absolute Gasteiger partial charge is 0.415 e. The SMILES string of the molecule is O=C(NI)OCCCO. The van der Waals surface area contributed by atoms with Crippen molar-refractivity contribution in [2.45, 2.75) is 6.42 Å². The summed E-state index contributed by atoms with van der Waals surface area (Å²) in [5.74, 6) is 0. The van der Waals surface area contributed by atoms with Gasteiger partial charge < -0.3 is 9.84 Å². The van der Waals surface area contributed by atoms with Crippen LogP contribution in [0.5, 0.6) is 0 Å². The quantitative estimate of drug-likeness (QED) is 0.431. The minimum absolute atomic E-state index is 0.0501. The number of ether oxygens (including phenoxy) is 1. The molecule has 0 aromatic carbocycles. The van der Waals surface area contributed by atoms with Crippen molar-refractivity contribution in [3.8, 4) is 0 Å². The van der Waals surface area contributed by atoms with Gasteiger partial charge in [0.05, 0.1) is 29.5 Å². The van der Waals surface area contributed by atoms with Crippen LogP contribution in [0, 0.1) is 0 Å². The van der Waals surface area contributed by atoms with Crippen LogP contribution in [0.2, 0.25) is 0 Å². The van der Waals surface area contributed by atoms with Crippen molar-refractivity contribution in [2.75, 3.05) is 13.2 Å². The standard InChI is InChI=1S/C4H8INO3/c5-6-4(8)9-3-1-2-7/h7H,1-3H2,(H,6,8). The van der Waals surface area contributed by atoms with Gasteiger partial charge in [0.2, 0.25) is 0 Å². The molecule has 0 spiro atoms. The van der Waals surface area contributed by atoms with Gasteiger partial charge >= 0.3 is 6.09 Å². The Morgan fingerprint density at radius 3 is 2.89 bits per heavy atom. The topological polar surface area (TPSA) is 58.6 Å². The number of carbonyl (C=O) groups is 1. The van der Waals surface area contributed by atoms with E-state index in [2.05, 4.69) is 8.27 Å². The fourth-order valence-corrected chi connectivity index (χ4v) is 0.412. The second-order valence-corrected chi connectivity index (χ2v) is 1.85. The molecule has 0 bridgehead atoms. The van der Waals surface area contributed by atoms with Gasteiger partial charge in [-0.05, 0) is 0 Å². The summed E-state index contributed by atoms with van der Waals surface area (Å²) in [4.78, 5) is 10.3. The molecule has 0 atom stereocenters. The normalized spacial score (nSPS) is 8.67. The van der Waals surface area contributed by atoms with E-state index >= 15 is 0 Å². The molecule has 0 unspecified atom stereocenters. The molecule has 9 heavy (non-hydrogen) atoms. The summed E-state index contributed by atoms with van der Waals surface area (Å²) in [6, 6.07) is 0. The van der Waals surface area contributed by atoms with Crippen LogP contribution in [-0.2, 0) is 4.74 Å². The highest BCUT2D eigenvalue weighted by Gasteiger charge is 1.95. The number of halogens is 1. The van der Waals surface area contributed by atoms with Gasteiger partial charge in [0.15, 0.2) is 0 Å². The van der Waals surface area contributed by atoms with E-state index < -0.39 is 6.09 Å². The maximum atomic E-state index is 10.3. The lowest BCUT2D eigenvalue weighted by Crippen LogP contribution is -2.14. The number of hydrogen-bond donors (Lipinski definition) is 2. The van der Waals surface area contributed by atoms with E-state index in [-0.39, 0.29) is 13.2 Å². The van der Waals surface area contributed by atoms with Crippen molar-refractivity contribution in [1.82, 2.24) is 3.53 Å². The lowest BCUT2D eigenvalue weighted by atomic mass is 10.5. The van der Waals surface area contributed by atoms with Gasteiger partial charge in [-0.1, -0.05) is 0 Å². The molecule has 0 aliphatic carbocycles. The van der Waals surface area contributed by atoms with Gasteiger partial charge in [0.25, 0.3) is 0 Å². The van der Waals surface area contributed by atoms with E-state index in [1.807, 2.05) is 0 Å². The lowest BCUT2D eigenvalue weighted by molar-refractivity contribution is 0.143. The minimum Gasteiger partial charge on any atom is -0.449 e. The molecule has 0 radical (unpaired) electrons. The zero-order valence-electron chi connectivity index (χ0n) is 4.76. The Balaban J connectivity index is 2.97. The molecule has 2 N–H and O–H groups in total. The van der Waals surface area contributed by atoms with E-state index in [0.29, 0.717) is 6.42 Å². The average Bonchev–Trinajstić information content (AvgIpc) is 1.89. The summed E-state index contributed by atoms with van der Waals surface area (Å²) in [6.45, 7) is 0.319. The van der Waals surface area contributed by atoms with Crippen LogP contribution in [-0.4, -0.2) is 24.4 Å². The highest BCUT2D eigenvalue weighted by molar-refractivity contribution is 14.1. The molecule has 4 nitrogen and oxygen atoms in total. The van der Waals surface area contributed by atoms with Crippen molar-refractivity contribution in [1.29, 1.82) is 0 Å². The van der Waals surface area contributed by atoms with E-state index in [1.54, 1.807) is 22.9 Å². The third-order valence-electron chi connectivity index (χ3n) is 0.613. The molecule has 0 aliphatic rings. The number of nitrogens with one attached hydrogen (secondary N) is 1. The van der Waals surface area contributed by atoms with E-state index in [1.165, 1.54) is 0 Å². The first kappa shape index (κ1) is 8.96. The third kappa shape index (κ3) is 5.84. The molecule has 0 saturated carbocycles. The van der Waals surface area contributed by atoms with E-state index in [9.17, 15) is 4.79 Å². The maximum Gasteiger partial charge on any atom is 0.415 e. The second-order valence-electron chi connectivity index (χ2n) is 1.31. The summed E-state index contributed by atoms with van der Waals surface area (Å²) in [5, 5.41) is 8.24. The number of rotatable bonds is 3.